The Balaban J connectivity index is 2.29. The zero-order valence-corrected chi connectivity index (χ0v) is 14.2. The summed E-state index contributed by atoms with van der Waals surface area (Å²) in [7, 11) is 0. The standard InChI is InChI=1S/C16H26N4OS/c1-3-10-18-15(21)13-20-16(17-4-2)19-11-12-22-14-8-6-5-7-9-14/h5-9H,3-4,10-13H2,1-2H3,(H,18,21)(H2,17,19,20). The van der Waals surface area contributed by atoms with Gasteiger partial charge in [-0.25, -0.2) is 4.99 Å². The number of amides is 1. The van der Waals surface area contributed by atoms with Crippen LogP contribution in [0.2, 0.25) is 0 Å². The molecule has 0 spiro atoms. The van der Waals surface area contributed by atoms with Crippen molar-refractivity contribution in [2.75, 3.05) is 31.9 Å². The molecule has 0 aromatic heterocycles. The SMILES string of the molecule is CCCNC(=O)CN=C(NCC)NCCSc1ccccc1. The van der Waals surface area contributed by atoms with E-state index in [1.165, 1.54) is 4.90 Å². The number of benzene rings is 1. The third kappa shape index (κ3) is 8.56. The van der Waals surface area contributed by atoms with Gasteiger partial charge in [-0.15, -0.1) is 11.8 Å². The van der Waals surface area contributed by atoms with Crippen LogP contribution in [0.1, 0.15) is 20.3 Å². The van der Waals surface area contributed by atoms with Gasteiger partial charge in [0, 0.05) is 30.3 Å². The van der Waals surface area contributed by atoms with E-state index >= 15 is 0 Å². The number of carbonyl (C=O) groups is 1. The molecule has 0 radical (unpaired) electrons. The highest BCUT2D eigenvalue weighted by Gasteiger charge is 2.01. The minimum atomic E-state index is -0.0438. The molecule has 0 aliphatic heterocycles. The lowest BCUT2D eigenvalue weighted by atomic mass is 10.4. The number of hydrogen-bond acceptors (Lipinski definition) is 3. The third-order valence-corrected chi connectivity index (χ3v) is 3.72. The number of nitrogens with zero attached hydrogens (tertiary/aromatic N) is 1. The number of nitrogens with one attached hydrogen (secondary N) is 3. The van der Waals surface area contributed by atoms with E-state index in [9.17, 15) is 4.79 Å². The molecule has 1 amide bonds. The lowest BCUT2D eigenvalue weighted by molar-refractivity contribution is -0.119. The normalized spacial score (nSPS) is 11.1. The van der Waals surface area contributed by atoms with Crippen molar-refractivity contribution in [1.29, 1.82) is 0 Å². The second-order valence-electron chi connectivity index (χ2n) is 4.63. The molecule has 22 heavy (non-hydrogen) atoms. The predicted octanol–water partition coefficient (Wildman–Crippen LogP) is 1.86. The van der Waals surface area contributed by atoms with Gasteiger partial charge in [-0.2, -0.15) is 0 Å². The zero-order valence-electron chi connectivity index (χ0n) is 13.4. The van der Waals surface area contributed by atoms with Gasteiger partial charge in [0.25, 0.3) is 0 Å². The second kappa shape index (κ2) is 11.9. The molecular weight excluding hydrogens is 296 g/mol. The Morgan fingerprint density at radius 3 is 2.55 bits per heavy atom. The van der Waals surface area contributed by atoms with Crippen molar-refractivity contribution in [2.45, 2.75) is 25.2 Å². The molecule has 0 saturated carbocycles. The van der Waals surface area contributed by atoms with E-state index in [2.05, 4.69) is 33.1 Å². The van der Waals surface area contributed by atoms with E-state index < -0.39 is 0 Å². The van der Waals surface area contributed by atoms with Gasteiger partial charge in [-0.1, -0.05) is 25.1 Å². The molecule has 0 bridgehead atoms. The van der Waals surface area contributed by atoms with E-state index in [0.29, 0.717) is 12.5 Å². The number of guanidine groups is 1. The molecule has 0 unspecified atom stereocenters. The van der Waals surface area contributed by atoms with Crippen LogP contribution in [-0.4, -0.2) is 43.8 Å². The van der Waals surface area contributed by atoms with Gasteiger partial charge in [-0.3, -0.25) is 4.79 Å². The first-order valence-electron chi connectivity index (χ1n) is 7.73. The summed E-state index contributed by atoms with van der Waals surface area (Å²) in [5.74, 6) is 1.58. The fourth-order valence-electron chi connectivity index (χ4n) is 1.67. The summed E-state index contributed by atoms with van der Waals surface area (Å²) in [5, 5.41) is 9.20. The number of carbonyl (C=O) groups excluding carboxylic acids is 1. The monoisotopic (exact) mass is 322 g/mol. The van der Waals surface area contributed by atoms with Crippen molar-refractivity contribution in [2.24, 2.45) is 4.99 Å². The number of aliphatic imine (C=N–C) groups is 1. The Morgan fingerprint density at radius 2 is 1.86 bits per heavy atom. The molecule has 3 N–H and O–H groups in total. The molecule has 6 heteroatoms. The highest BCUT2D eigenvalue weighted by Crippen LogP contribution is 2.15. The summed E-state index contributed by atoms with van der Waals surface area (Å²) in [6, 6.07) is 10.3. The van der Waals surface area contributed by atoms with Gasteiger partial charge in [0.05, 0.1) is 0 Å². The van der Waals surface area contributed by atoms with Gasteiger partial charge in [-0.05, 0) is 25.5 Å². The van der Waals surface area contributed by atoms with E-state index in [4.69, 9.17) is 0 Å². The van der Waals surface area contributed by atoms with Gasteiger partial charge in [0.1, 0.15) is 6.54 Å². The molecule has 0 heterocycles. The maximum Gasteiger partial charge on any atom is 0.241 e. The minimum absolute atomic E-state index is 0.0438. The van der Waals surface area contributed by atoms with Crippen molar-refractivity contribution in [3.05, 3.63) is 30.3 Å². The van der Waals surface area contributed by atoms with Gasteiger partial charge in [0.15, 0.2) is 5.96 Å². The fourth-order valence-corrected chi connectivity index (χ4v) is 2.46. The molecular formula is C16H26N4OS. The Labute approximate surface area is 137 Å². The maximum absolute atomic E-state index is 11.5. The van der Waals surface area contributed by atoms with Crippen LogP contribution < -0.4 is 16.0 Å². The second-order valence-corrected chi connectivity index (χ2v) is 5.80. The molecule has 5 nitrogen and oxygen atoms in total. The van der Waals surface area contributed by atoms with Gasteiger partial charge < -0.3 is 16.0 Å². The van der Waals surface area contributed by atoms with Gasteiger partial charge >= 0.3 is 0 Å². The molecule has 0 fully saturated rings. The Hall–Kier alpha value is -1.69. The van der Waals surface area contributed by atoms with Crippen LogP contribution in [0.3, 0.4) is 0 Å². The summed E-state index contributed by atoms with van der Waals surface area (Å²) in [6.07, 6.45) is 0.935. The Bertz CT molecular complexity index is 451. The summed E-state index contributed by atoms with van der Waals surface area (Å²) in [6.45, 7) is 6.45. The summed E-state index contributed by atoms with van der Waals surface area (Å²) >= 11 is 1.79. The Morgan fingerprint density at radius 1 is 1.09 bits per heavy atom. The highest BCUT2D eigenvalue weighted by atomic mass is 32.2. The number of rotatable bonds is 9. The third-order valence-electron chi connectivity index (χ3n) is 2.70. The fraction of sp³-hybridized carbons (Fsp3) is 0.500. The summed E-state index contributed by atoms with van der Waals surface area (Å²) < 4.78 is 0. The maximum atomic E-state index is 11.5. The van der Waals surface area contributed by atoms with Crippen molar-refractivity contribution in [3.63, 3.8) is 0 Å². The minimum Gasteiger partial charge on any atom is -0.357 e. The lowest BCUT2D eigenvalue weighted by Gasteiger charge is -2.11. The van der Waals surface area contributed by atoms with Crippen LogP contribution in [0.4, 0.5) is 0 Å². The molecule has 1 aromatic rings. The molecule has 0 saturated heterocycles. The number of thioether (sulfide) groups is 1. The van der Waals surface area contributed by atoms with Crippen LogP contribution in [0.5, 0.6) is 0 Å². The first kappa shape index (κ1) is 18.4. The first-order chi connectivity index (χ1) is 10.8. The van der Waals surface area contributed by atoms with Crippen molar-refractivity contribution in [1.82, 2.24) is 16.0 Å². The van der Waals surface area contributed by atoms with Gasteiger partial charge in [0.2, 0.25) is 5.91 Å². The van der Waals surface area contributed by atoms with Crippen LogP contribution in [0.15, 0.2) is 40.2 Å². The first-order valence-corrected chi connectivity index (χ1v) is 8.71. The Kier molecular flexibility index (Phi) is 9.94. The summed E-state index contributed by atoms with van der Waals surface area (Å²) in [5.41, 5.74) is 0. The van der Waals surface area contributed by atoms with Crippen LogP contribution >= 0.6 is 11.8 Å². The molecule has 1 aromatic carbocycles. The lowest BCUT2D eigenvalue weighted by Crippen LogP contribution is -2.39. The van der Waals surface area contributed by atoms with Crippen LogP contribution in [0.25, 0.3) is 0 Å². The van der Waals surface area contributed by atoms with Crippen LogP contribution in [0, 0.1) is 0 Å². The average molecular weight is 322 g/mol. The molecule has 0 atom stereocenters. The molecule has 122 valence electrons. The zero-order chi connectivity index (χ0) is 16.0. The highest BCUT2D eigenvalue weighted by molar-refractivity contribution is 7.99. The molecule has 1 rings (SSSR count). The van der Waals surface area contributed by atoms with Crippen molar-refractivity contribution < 1.29 is 4.79 Å². The largest absolute Gasteiger partial charge is 0.357 e. The molecule has 0 aliphatic carbocycles. The van der Waals surface area contributed by atoms with E-state index in [0.717, 1.165) is 25.3 Å². The predicted molar refractivity (Wildman–Crippen MR) is 94.4 cm³/mol. The quantitative estimate of drug-likeness (QED) is 0.281. The van der Waals surface area contributed by atoms with E-state index in [-0.39, 0.29) is 12.5 Å². The van der Waals surface area contributed by atoms with E-state index in [1.807, 2.05) is 32.0 Å². The molecule has 0 aliphatic rings. The van der Waals surface area contributed by atoms with Crippen molar-refractivity contribution in [3.8, 4) is 0 Å². The average Bonchev–Trinajstić information content (AvgIpc) is 2.55. The topological polar surface area (TPSA) is 65.5 Å². The smallest absolute Gasteiger partial charge is 0.241 e. The summed E-state index contributed by atoms with van der Waals surface area (Å²) in [4.78, 5) is 17.1. The van der Waals surface area contributed by atoms with E-state index in [1.54, 1.807) is 11.8 Å². The number of hydrogen-bond donors (Lipinski definition) is 3. The van der Waals surface area contributed by atoms with Crippen LogP contribution in [-0.2, 0) is 4.79 Å². The van der Waals surface area contributed by atoms with Crippen molar-refractivity contribution >= 4 is 23.6 Å².